The summed E-state index contributed by atoms with van der Waals surface area (Å²) in [5.74, 6) is 2.07. The molecule has 6 nitrogen and oxygen atoms in total. The number of carbonyl (C=O) groups is 1. The first-order valence-corrected chi connectivity index (χ1v) is 12.4. The van der Waals surface area contributed by atoms with Crippen molar-refractivity contribution in [3.8, 4) is 5.75 Å². The summed E-state index contributed by atoms with van der Waals surface area (Å²) in [7, 11) is 1.70. The molecule has 3 atom stereocenters. The van der Waals surface area contributed by atoms with Crippen LogP contribution in [0.4, 0.5) is 0 Å². The quantitative estimate of drug-likeness (QED) is 0.608. The molecule has 33 heavy (non-hydrogen) atoms. The van der Waals surface area contributed by atoms with E-state index in [-0.39, 0.29) is 23.9 Å². The Bertz CT molecular complexity index is 942. The number of hydrogen-bond acceptors (Lipinski definition) is 5. The number of piperidine rings is 1. The molecule has 0 radical (unpaired) electrons. The van der Waals surface area contributed by atoms with Crippen LogP contribution in [0.1, 0.15) is 42.0 Å². The minimum absolute atomic E-state index is 0.117. The van der Waals surface area contributed by atoms with Gasteiger partial charge in [0.2, 0.25) is 5.91 Å². The predicted octanol–water partition coefficient (Wildman–Crippen LogP) is 2.85. The number of likely N-dealkylation sites (tertiary alicyclic amines) is 1. The van der Waals surface area contributed by atoms with Gasteiger partial charge in [-0.05, 0) is 79.9 Å². The Labute approximate surface area is 197 Å². The van der Waals surface area contributed by atoms with E-state index in [1.165, 1.54) is 36.0 Å². The van der Waals surface area contributed by atoms with Gasteiger partial charge in [-0.2, -0.15) is 0 Å². The van der Waals surface area contributed by atoms with E-state index in [4.69, 9.17) is 4.74 Å². The molecule has 0 bridgehead atoms. The topological polar surface area (TPSA) is 65.6 Å². The van der Waals surface area contributed by atoms with Gasteiger partial charge in [0, 0.05) is 19.0 Å². The normalized spacial score (nSPS) is 25.3. The maximum atomic E-state index is 13.0. The number of hydrazine groups is 1. The number of amides is 1. The lowest BCUT2D eigenvalue weighted by Crippen LogP contribution is -2.48. The molecule has 3 unspecified atom stereocenters. The molecule has 5 rings (SSSR count). The summed E-state index contributed by atoms with van der Waals surface area (Å²) in [6, 6.07) is 17.1. The largest absolute Gasteiger partial charge is 0.497 e. The van der Waals surface area contributed by atoms with Crippen LogP contribution in [0.15, 0.2) is 48.5 Å². The average molecular weight is 449 g/mol. The van der Waals surface area contributed by atoms with Crippen molar-refractivity contribution >= 4 is 5.91 Å². The summed E-state index contributed by atoms with van der Waals surface area (Å²) in [4.78, 5) is 15.5. The Balaban J connectivity index is 1.06. The highest BCUT2D eigenvalue weighted by molar-refractivity contribution is 5.82. The monoisotopic (exact) mass is 448 g/mol. The van der Waals surface area contributed by atoms with Crippen LogP contribution in [-0.4, -0.2) is 50.1 Å². The lowest BCUT2D eigenvalue weighted by atomic mass is 9.77. The molecule has 176 valence electrons. The molecule has 2 aromatic carbocycles. The predicted molar refractivity (Wildman–Crippen MR) is 130 cm³/mol. The Morgan fingerprint density at radius 2 is 1.91 bits per heavy atom. The fourth-order valence-corrected chi connectivity index (χ4v) is 5.85. The van der Waals surface area contributed by atoms with Gasteiger partial charge in [0.25, 0.3) is 0 Å². The second-order valence-corrected chi connectivity index (χ2v) is 9.78. The van der Waals surface area contributed by atoms with Crippen molar-refractivity contribution in [2.24, 2.45) is 11.8 Å². The zero-order valence-electron chi connectivity index (χ0n) is 19.6. The van der Waals surface area contributed by atoms with E-state index < -0.39 is 0 Å². The van der Waals surface area contributed by atoms with E-state index in [1.54, 1.807) is 7.11 Å². The number of hydrogen-bond donors (Lipinski definition) is 3. The third-order valence-electron chi connectivity index (χ3n) is 7.77. The van der Waals surface area contributed by atoms with Gasteiger partial charge in [-0.25, -0.2) is 10.9 Å². The second-order valence-electron chi connectivity index (χ2n) is 9.78. The van der Waals surface area contributed by atoms with Crippen molar-refractivity contribution in [2.45, 2.75) is 44.2 Å². The van der Waals surface area contributed by atoms with E-state index >= 15 is 0 Å². The van der Waals surface area contributed by atoms with Crippen LogP contribution in [0.3, 0.4) is 0 Å². The van der Waals surface area contributed by atoms with Gasteiger partial charge < -0.3 is 15.0 Å². The van der Waals surface area contributed by atoms with Crippen molar-refractivity contribution in [3.63, 3.8) is 0 Å². The molecule has 2 aliphatic heterocycles. The number of rotatable bonds is 7. The number of ether oxygens (including phenoxy) is 1. The lowest BCUT2D eigenvalue weighted by molar-refractivity contribution is -0.124. The van der Waals surface area contributed by atoms with E-state index in [9.17, 15) is 4.79 Å². The van der Waals surface area contributed by atoms with Crippen LogP contribution in [-0.2, 0) is 17.6 Å². The summed E-state index contributed by atoms with van der Waals surface area (Å²) in [5, 5.41) is 3.20. The summed E-state index contributed by atoms with van der Waals surface area (Å²) < 4.78 is 5.37. The summed E-state index contributed by atoms with van der Waals surface area (Å²) in [6.07, 6.45) is 5.65. The maximum absolute atomic E-state index is 13.0. The number of nitrogens with one attached hydrogen (secondary N) is 3. The average Bonchev–Trinajstić information content (AvgIpc) is 3.30. The molecule has 1 amide bonds. The van der Waals surface area contributed by atoms with Crippen molar-refractivity contribution in [1.29, 1.82) is 0 Å². The van der Waals surface area contributed by atoms with Crippen LogP contribution in [0, 0.1) is 11.8 Å². The summed E-state index contributed by atoms with van der Waals surface area (Å²) in [6.45, 7) is 3.90. The molecule has 0 aromatic heterocycles. The SMILES string of the molecule is COc1ccc2c(c1)CCC1C(C(=O)NCCN3CCC(Cc4ccccc4)CC3)NNC21. The number of aryl methyl sites for hydroxylation is 1. The van der Waals surface area contributed by atoms with Gasteiger partial charge in [0.15, 0.2) is 0 Å². The van der Waals surface area contributed by atoms with Crippen LogP contribution in [0.2, 0.25) is 0 Å². The minimum Gasteiger partial charge on any atom is -0.497 e. The Morgan fingerprint density at radius 3 is 2.70 bits per heavy atom. The van der Waals surface area contributed by atoms with E-state index in [0.717, 1.165) is 44.1 Å². The maximum Gasteiger partial charge on any atom is 0.238 e. The molecule has 2 heterocycles. The highest BCUT2D eigenvalue weighted by Crippen LogP contribution is 2.40. The number of nitrogens with zero attached hydrogens (tertiary/aromatic N) is 1. The van der Waals surface area contributed by atoms with Gasteiger partial charge in [0.1, 0.15) is 11.8 Å². The van der Waals surface area contributed by atoms with Crippen LogP contribution >= 0.6 is 0 Å². The molecule has 3 aliphatic rings. The second kappa shape index (κ2) is 10.2. The minimum atomic E-state index is -0.179. The first-order chi connectivity index (χ1) is 16.2. The number of benzene rings is 2. The zero-order valence-corrected chi connectivity index (χ0v) is 19.6. The Morgan fingerprint density at radius 1 is 1.09 bits per heavy atom. The first-order valence-electron chi connectivity index (χ1n) is 12.4. The molecule has 6 heteroatoms. The lowest BCUT2D eigenvalue weighted by Gasteiger charge is -2.32. The summed E-state index contributed by atoms with van der Waals surface area (Å²) in [5.41, 5.74) is 10.7. The fraction of sp³-hybridized carbons (Fsp3) is 0.519. The number of carbonyl (C=O) groups excluding carboxylic acids is 1. The van der Waals surface area contributed by atoms with Crippen molar-refractivity contribution in [1.82, 2.24) is 21.1 Å². The molecule has 1 aliphatic carbocycles. The van der Waals surface area contributed by atoms with Gasteiger partial charge in [-0.3, -0.25) is 4.79 Å². The van der Waals surface area contributed by atoms with Gasteiger partial charge in [-0.1, -0.05) is 36.4 Å². The third-order valence-corrected chi connectivity index (χ3v) is 7.77. The molecule has 2 saturated heterocycles. The van der Waals surface area contributed by atoms with Gasteiger partial charge >= 0.3 is 0 Å². The zero-order chi connectivity index (χ0) is 22.6. The van der Waals surface area contributed by atoms with Crippen LogP contribution < -0.4 is 20.9 Å². The molecule has 2 fully saturated rings. The smallest absolute Gasteiger partial charge is 0.238 e. The molecular formula is C27H36N4O2. The Kier molecular flexibility index (Phi) is 6.95. The highest BCUT2D eigenvalue weighted by atomic mass is 16.5. The summed E-state index contributed by atoms with van der Waals surface area (Å²) >= 11 is 0. The van der Waals surface area contributed by atoms with E-state index in [1.807, 2.05) is 6.07 Å². The molecular weight excluding hydrogens is 412 g/mol. The molecule has 3 N–H and O–H groups in total. The standard InChI is InChI=1S/C27H36N4O2/c1-33-22-8-10-23-21(18-22)7-9-24-25(23)29-30-26(24)27(32)28-13-16-31-14-11-20(12-15-31)17-19-5-3-2-4-6-19/h2-6,8,10,18,20,24-26,29-30H,7,9,11-17H2,1H3,(H,28,32). The van der Waals surface area contributed by atoms with Crippen molar-refractivity contribution < 1.29 is 9.53 Å². The molecule has 0 spiro atoms. The third kappa shape index (κ3) is 5.08. The van der Waals surface area contributed by atoms with Crippen molar-refractivity contribution in [2.75, 3.05) is 33.3 Å². The van der Waals surface area contributed by atoms with Crippen molar-refractivity contribution in [3.05, 3.63) is 65.2 Å². The highest BCUT2D eigenvalue weighted by Gasteiger charge is 2.43. The first kappa shape index (κ1) is 22.4. The van der Waals surface area contributed by atoms with Crippen LogP contribution in [0.5, 0.6) is 5.75 Å². The van der Waals surface area contributed by atoms with Crippen LogP contribution in [0.25, 0.3) is 0 Å². The number of methoxy groups -OCH3 is 1. The number of fused-ring (bicyclic) bond motifs is 3. The van der Waals surface area contributed by atoms with Gasteiger partial charge in [-0.15, -0.1) is 0 Å². The molecule has 0 saturated carbocycles. The molecule has 2 aromatic rings. The van der Waals surface area contributed by atoms with Gasteiger partial charge in [0.05, 0.1) is 13.2 Å². The Hall–Kier alpha value is -2.41. The fourth-order valence-electron chi connectivity index (χ4n) is 5.85. The van der Waals surface area contributed by atoms with E-state index in [2.05, 4.69) is 63.5 Å². The van der Waals surface area contributed by atoms with E-state index in [0.29, 0.717) is 6.54 Å².